The van der Waals surface area contributed by atoms with E-state index in [2.05, 4.69) is 0 Å². The maximum absolute atomic E-state index is 13.9. The summed E-state index contributed by atoms with van der Waals surface area (Å²) in [7, 11) is 1.87. The van der Waals surface area contributed by atoms with Crippen LogP contribution in [0.2, 0.25) is 5.02 Å². The molecule has 0 fully saturated rings. The zero-order valence-corrected chi connectivity index (χ0v) is 18.8. The molecule has 5 rings (SSSR count). The molecule has 3 aromatic carbocycles. The Hall–Kier alpha value is -3.57. The van der Waals surface area contributed by atoms with Crippen LogP contribution in [-0.2, 0) is 13.6 Å². The van der Waals surface area contributed by atoms with E-state index in [9.17, 15) is 9.59 Å². The topological polar surface area (TPSA) is 48.9 Å². The number of hydrogen-bond acceptors (Lipinski definition) is 2. The van der Waals surface area contributed by atoms with Crippen molar-refractivity contribution in [3.63, 3.8) is 0 Å². The van der Waals surface area contributed by atoms with Crippen molar-refractivity contribution in [3.05, 3.63) is 109 Å². The number of para-hydroxylation sites is 1. The average molecular weight is 444 g/mol. The van der Waals surface area contributed by atoms with Gasteiger partial charge in [-0.1, -0.05) is 53.6 Å². The third-order valence-electron chi connectivity index (χ3n) is 6.01. The molecule has 0 saturated heterocycles. The van der Waals surface area contributed by atoms with Crippen molar-refractivity contribution in [2.24, 2.45) is 7.05 Å². The van der Waals surface area contributed by atoms with Crippen molar-refractivity contribution in [1.29, 1.82) is 0 Å². The maximum atomic E-state index is 13.9. The molecule has 5 nitrogen and oxygen atoms in total. The van der Waals surface area contributed by atoms with Gasteiger partial charge < -0.3 is 4.57 Å². The van der Waals surface area contributed by atoms with Crippen molar-refractivity contribution < 1.29 is 0 Å². The molecule has 2 aromatic heterocycles. The molecule has 32 heavy (non-hydrogen) atoms. The number of aryl methyl sites for hydroxylation is 3. The van der Waals surface area contributed by atoms with Crippen LogP contribution in [0.3, 0.4) is 0 Å². The highest BCUT2D eigenvalue weighted by Gasteiger charge is 2.22. The van der Waals surface area contributed by atoms with Crippen molar-refractivity contribution in [2.75, 3.05) is 0 Å². The summed E-state index contributed by atoms with van der Waals surface area (Å²) in [4.78, 5) is 27.6. The lowest BCUT2D eigenvalue weighted by atomic mass is 10.1. The van der Waals surface area contributed by atoms with Crippen LogP contribution >= 0.6 is 11.6 Å². The lowest BCUT2D eigenvalue weighted by Gasteiger charge is -2.15. The van der Waals surface area contributed by atoms with Crippen molar-refractivity contribution in [3.8, 4) is 5.69 Å². The van der Waals surface area contributed by atoms with Crippen LogP contribution in [0.25, 0.3) is 27.6 Å². The van der Waals surface area contributed by atoms with E-state index in [0.717, 1.165) is 27.6 Å². The van der Waals surface area contributed by atoms with Gasteiger partial charge in [-0.15, -0.1) is 0 Å². The fourth-order valence-corrected chi connectivity index (χ4v) is 4.67. The van der Waals surface area contributed by atoms with Crippen LogP contribution < -0.4 is 11.2 Å². The Bertz CT molecular complexity index is 1640. The second-order valence-electron chi connectivity index (χ2n) is 8.20. The molecule has 0 aliphatic heterocycles. The van der Waals surface area contributed by atoms with Crippen LogP contribution in [0.5, 0.6) is 0 Å². The van der Waals surface area contributed by atoms with Gasteiger partial charge in [0.15, 0.2) is 0 Å². The molecule has 6 heteroatoms. The summed E-state index contributed by atoms with van der Waals surface area (Å²) in [6.07, 6.45) is 0. The number of hydrogen-bond donors (Lipinski definition) is 0. The van der Waals surface area contributed by atoms with Crippen molar-refractivity contribution in [2.45, 2.75) is 20.4 Å². The smallest absolute Gasteiger partial charge is 0.336 e. The SMILES string of the molecule is Cc1ccc2c(c1)c1c(c(=O)n(-c3ccccc3C)c(=O)n1Cc1cccc(Cl)c1)n2C. The summed E-state index contributed by atoms with van der Waals surface area (Å²) in [5.74, 6) is 0. The van der Waals surface area contributed by atoms with Crippen LogP contribution in [-0.4, -0.2) is 13.7 Å². The van der Waals surface area contributed by atoms with E-state index < -0.39 is 0 Å². The fraction of sp³-hybridized carbons (Fsp3) is 0.154. The highest BCUT2D eigenvalue weighted by Crippen LogP contribution is 2.27. The minimum absolute atomic E-state index is 0.301. The van der Waals surface area contributed by atoms with E-state index in [4.69, 9.17) is 11.6 Å². The standard InChI is InChI=1S/C26H22ClN3O2/c1-16-11-12-22-20(13-16)23-24(28(22)3)25(31)30(21-10-5-4-7-17(21)2)26(32)29(23)15-18-8-6-9-19(27)14-18/h4-14H,15H2,1-3H3. The number of nitrogens with zero attached hydrogens (tertiary/aromatic N) is 3. The number of aromatic nitrogens is 3. The third-order valence-corrected chi connectivity index (χ3v) is 6.25. The predicted octanol–water partition coefficient (Wildman–Crippen LogP) is 4.96. The monoisotopic (exact) mass is 443 g/mol. The Labute approximate surface area is 189 Å². The summed E-state index contributed by atoms with van der Waals surface area (Å²) in [5.41, 5.74) is 4.76. The molecule has 0 N–H and O–H groups in total. The molecule has 2 heterocycles. The van der Waals surface area contributed by atoms with E-state index >= 15 is 0 Å². The number of benzene rings is 3. The summed E-state index contributed by atoms with van der Waals surface area (Å²) < 4.78 is 4.86. The Morgan fingerprint density at radius 2 is 1.66 bits per heavy atom. The van der Waals surface area contributed by atoms with E-state index in [-0.39, 0.29) is 11.2 Å². The van der Waals surface area contributed by atoms with Gasteiger partial charge in [0.2, 0.25) is 0 Å². The lowest BCUT2D eigenvalue weighted by molar-refractivity contribution is 0.711. The zero-order chi connectivity index (χ0) is 22.6. The van der Waals surface area contributed by atoms with Gasteiger partial charge in [0.1, 0.15) is 5.52 Å². The second kappa shape index (κ2) is 7.53. The Kier molecular flexibility index (Phi) is 4.79. The molecular weight excluding hydrogens is 422 g/mol. The number of rotatable bonds is 3. The lowest BCUT2D eigenvalue weighted by Crippen LogP contribution is -2.39. The van der Waals surface area contributed by atoms with Crippen LogP contribution in [0.1, 0.15) is 16.7 Å². The van der Waals surface area contributed by atoms with Crippen LogP contribution in [0, 0.1) is 13.8 Å². The maximum Gasteiger partial charge on any atom is 0.336 e. The molecule has 0 atom stereocenters. The molecule has 0 unspecified atom stereocenters. The van der Waals surface area contributed by atoms with Gasteiger partial charge >= 0.3 is 5.69 Å². The van der Waals surface area contributed by atoms with E-state index in [1.54, 1.807) is 16.7 Å². The molecule has 160 valence electrons. The van der Waals surface area contributed by atoms with E-state index in [1.165, 1.54) is 4.57 Å². The Morgan fingerprint density at radius 3 is 2.41 bits per heavy atom. The summed E-state index contributed by atoms with van der Waals surface area (Å²) >= 11 is 6.22. The quantitative estimate of drug-likeness (QED) is 0.395. The van der Waals surface area contributed by atoms with E-state index in [1.807, 2.05) is 80.1 Å². The number of fused-ring (bicyclic) bond motifs is 3. The largest absolute Gasteiger partial charge is 0.338 e. The summed E-state index contributed by atoms with van der Waals surface area (Å²) in [6.45, 7) is 4.21. The molecule has 0 aliphatic carbocycles. The van der Waals surface area contributed by atoms with Crippen LogP contribution in [0.4, 0.5) is 0 Å². The fourth-order valence-electron chi connectivity index (χ4n) is 4.46. The second-order valence-corrected chi connectivity index (χ2v) is 8.64. The van der Waals surface area contributed by atoms with Gasteiger partial charge in [-0.05, 0) is 55.3 Å². The Morgan fingerprint density at radius 1 is 0.875 bits per heavy atom. The first-order valence-corrected chi connectivity index (χ1v) is 10.8. The zero-order valence-electron chi connectivity index (χ0n) is 18.1. The molecular formula is C26H22ClN3O2. The molecule has 0 aliphatic rings. The minimum Gasteiger partial charge on any atom is -0.338 e. The van der Waals surface area contributed by atoms with Gasteiger partial charge in [0, 0.05) is 17.5 Å². The summed E-state index contributed by atoms with van der Waals surface area (Å²) in [6, 6.07) is 20.9. The van der Waals surface area contributed by atoms with Gasteiger partial charge in [0.05, 0.1) is 23.3 Å². The molecule has 0 bridgehead atoms. The predicted molar refractivity (Wildman–Crippen MR) is 130 cm³/mol. The first-order chi connectivity index (χ1) is 15.4. The molecule has 0 radical (unpaired) electrons. The molecule has 0 saturated carbocycles. The highest BCUT2D eigenvalue weighted by atomic mass is 35.5. The number of halogens is 1. The van der Waals surface area contributed by atoms with Gasteiger partial charge in [-0.2, -0.15) is 0 Å². The van der Waals surface area contributed by atoms with Gasteiger partial charge in [0.25, 0.3) is 5.56 Å². The molecule has 5 aromatic rings. The average Bonchev–Trinajstić information content (AvgIpc) is 3.04. The highest BCUT2D eigenvalue weighted by molar-refractivity contribution is 6.30. The molecule has 0 spiro atoms. The van der Waals surface area contributed by atoms with Crippen molar-refractivity contribution >= 4 is 33.5 Å². The van der Waals surface area contributed by atoms with Gasteiger partial charge in [-0.25, -0.2) is 9.36 Å². The Balaban J connectivity index is 1.97. The minimum atomic E-state index is -0.370. The first-order valence-electron chi connectivity index (χ1n) is 10.4. The summed E-state index contributed by atoms with van der Waals surface area (Å²) in [5, 5.41) is 1.49. The normalized spacial score (nSPS) is 11.5. The first kappa shape index (κ1) is 20.3. The van der Waals surface area contributed by atoms with Crippen molar-refractivity contribution in [1.82, 2.24) is 13.7 Å². The van der Waals surface area contributed by atoms with Crippen LogP contribution in [0.15, 0.2) is 76.3 Å². The van der Waals surface area contributed by atoms with E-state index in [0.29, 0.717) is 28.3 Å². The molecule has 0 amide bonds. The third kappa shape index (κ3) is 3.09. The van der Waals surface area contributed by atoms with Gasteiger partial charge in [-0.3, -0.25) is 9.36 Å².